The summed E-state index contributed by atoms with van der Waals surface area (Å²) >= 11 is 0. The van der Waals surface area contributed by atoms with Gasteiger partial charge in [-0.25, -0.2) is 0 Å². The zero-order chi connectivity index (χ0) is 19.6. The molecule has 0 spiro atoms. The molecule has 4 aliphatic carbocycles. The summed E-state index contributed by atoms with van der Waals surface area (Å²) in [7, 11) is -1.73. The molecule has 29 heavy (non-hydrogen) atoms. The fourth-order valence-electron chi connectivity index (χ4n) is 7.01. The summed E-state index contributed by atoms with van der Waals surface area (Å²) in [4.78, 5) is 0. The molecule has 0 bridgehead atoms. The van der Waals surface area contributed by atoms with Gasteiger partial charge in [-0.05, 0) is 40.3 Å². The number of nitrogens with zero attached hydrogens (tertiary/aromatic N) is 1. The molecule has 1 aromatic carbocycles. The quantitative estimate of drug-likeness (QED) is 0.681. The molecule has 3 heteroatoms. The maximum absolute atomic E-state index is 3.88. The second-order valence-electron chi connectivity index (χ2n) is 9.82. The molecule has 0 amide bonds. The number of fused-ring (bicyclic) bond motifs is 6. The van der Waals surface area contributed by atoms with E-state index < -0.39 is 8.24 Å². The highest BCUT2D eigenvalue weighted by Crippen LogP contribution is 2.59. The van der Waals surface area contributed by atoms with Crippen molar-refractivity contribution in [1.82, 2.24) is 9.88 Å². The molecule has 1 heterocycles. The summed E-state index contributed by atoms with van der Waals surface area (Å²) in [5, 5.41) is 3.88. The molecule has 5 aliphatic rings. The minimum Gasteiger partial charge on any atom is -0.304 e. The molecular weight excluding hydrogens is 368 g/mol. The van der Waals surface area contributed by atoms with Crippen LogP contribution >= 0.6 is 0 Å². The molecule has 1 N–H and O–H groups in total. The molecule has 0 radical (unpaired) electrons. The average molecular weight is 399 g/mol. The Balaban J connectivity index is 1.37. The lowest BCUT2D eigenvalue weighted by Gasteiger charge is -2.46. The summed E-state index contributed by atoms with van der Waals surface area (Å²) in [6.45, 7) is 6.28. The van der Waals surface area contributed by atoms with E-state index in [1.807, 2.05) is 0 Å². The van der Waals surface area contributed by atoms with Crippen molar-refractivity contribution >= 4 is 14.3 Å². The number of nitrogens with one attached hydrogen (secondary N) is 1. The maximum atomic E-state index is 3.88. The van der Waals surface area contributed by atoms with Crippen molar-refractivity contribution in [2.75, 3.05) is 6.67 Å². The maximum Gasteiger partial charge on any atom is 0.128 e. The van der Waals surface area contributed by atoms with E-state index in [9.17, 15) is 0 Å². The molecule has 1 saturated carbocycles. The number of hydrogen-bond acceptors (Lipinski definition) is 2. The number of rotatable bonds is 2. The van der Waals surface area contributed by atoms with E-state index in [4.69, 9.17) is 0 Å². The van der Waals surface area contributed by atoms with Crippen LogP contribution in [0.1, 0.15) is 17.2 Å². The Morgan fingerprint density at radius 2 is 1.45 bits per heavy atom. The molecule has 2 fully saturated rings. The van der Waals surface area contributed by atoms with Crippen LogP contribution in [0.25, 0.3) is 6.08 Å². The largest absolute Gasteiger partial charge is 0.304 e. The van der Waals surface area contributed by atoms with Gasteiger partial charge in [0.1, 0.15) is 8.24 Å². The molecule has 1 saturated heterocycles. The molecular formula is C26H30N2Si. The van der Waals surface area contributed by atoms with Gasteiger partial charge in [-0.2, -0.15) is 0 Å². The average Bonchev–Trinajstić information content (AvgIpc) is 3.34. The Kier molecular flexibility index (Phi) is 4.02. The second kappa shape index (κ2) is 6.53. The minimum atomic E-state index is -1.73. The Hall–Kier alpha value is -1.94. The van der Waals surface area contributed by atoms with Gasteiger partial charge in [0.15, 0.2) is 0 Å². The second-order valence-corrected chi connectivity index (χ2v) is 14.4. The molecule has 1 aromatic rings. The summed E-state index contributed by atoms with van der Waals surface area (Å²) in [6.07, 6.45) is 24.0. The smallest absolute Gasteiger partial charge is 0.128 e. The first-order valence-electron chi connectivity index (χ1n) is 11.1. The highest BCUT2D eigenvalue weighted by molar-refractivity contribution is 6.76. The third-order valence-electron chi connectivity index (χ3n) is 8.26. The number of allylic oxidation sites excluding steroid dienone is 8. The van der Waals surface area contributed by atoms with E-state index in [-0.39, 0.29) is 0 Å². The fourth-order valence-corrected chi connectivity index (χ4v) is 11.4. The Labute approximate surface area is 175 Å². The van der Waals surface area contributed by atoms with Crippen molar-refractivity contribution in [2.45, 2.75) is 30.7 Å². The van der Waals surface area contributed by atoms with Crippen molar-refractivity contribution in [3.8, 4) is 0 Å². The molecule has 148 valence electrons. The fraction of sp³-hybridized carbons (Fsp3) is 0.385. The lowest BCUT2D eigenvalue weighted by atomic mass is 9.83. The van der Waals surface area contributed by atoms with Gasteiger partial charge in [-0.15, -0.1) is 0 Å². The first-order chi connectivity index (χ1) is 14.2. The predicted octanol–water partition coefficient (Wildman–Crippen LogP) is 5.29. The molecule has 5 unspecified atom stereocenters. The van der Waals surface area contributed by atoms with Crippen LogP contribution in [0, 0.1) is 23.7 Å². The van der Waals surface area contributed by atoms with E-state index in [1.54, 1.807) is 0 Å². The van der Waals surface area contributed by atoms with Gasteiger partial charge >= 0.3 is 0 Å². The third kappa shape index (κ3) is 2.54. The van der Waals surface area contributed by atoms with E-state index >= 15 is 0 Å². The van der Waals surface area contributed by atoms with Crippen LogP contribution in [-0.4, -0.2) is 25.5 Å². The Morgan fingerprint density at radius 3 is 2.14 bits per heavy atom. The standard InChI is InChI=1S/C26H30N2Si/c1-29(2,26-22-13-7-5-11-20(22)21-12-6-8-14-23(21)26)28-17-27-25-19-10-4-3-9-18(19)15-16-24(25)28/h3-16,20-27H,17H2,1-2H3/t20?,21?,22?,23?,24-,25?,26?/m1/s1. The molecule has 6 rings (SSSR count). The third-order valence-corrected chi connectivity index (χ3v) is 12.6. The zero-order valence-electron chi connectivity index (χ0n) is 17.3. The summed E-state index contributed by atoms with van der Waals surface area (Å²) in [5.74, 6) is 2.67. The van der Waals surface area contributed by atoms with Gasteiger partial charge in [0.2, 0.25) is 0 Å². The van der Waals surface area contributed by atoms with Crippen LogP contribution in [0.15, 0.2) is 78.9 Å². The summed E-state index contributed by atoms with van der Waals surface area (Å²) in [5.41, 5.74) is 3.59. The first-order valence-corrected chi connectivity index (χ1v) is 14.2. The van der Waals surface area contributed by atoms with E-state index in [2.05, 4.69) is 108 Å². The Bertz CT molecular complexity index is 935. The van der Waals surface area contributed by atoms with Crippen LogP contribution in [-0.2, 0) is 0 Å². The highest BCUT2D eigenvalue weighted by Gasteiger charge is 2.57. The van der Waals surface area contributed by atoms with Gasteiger partial charge in [0, 0.05) is 12.7 Å². The van der Waals surface area contributed by atoms with Gasteiger partial charge in [0.25, 0.3) is 0 Å². The van der Waals surface area contributed by atoms with Crippen molar-refractivity contribution in [3.05, 3.63) is 90.1 Å². The summed E-state index contributed by atoms with van der Waals surface area (Å²) in [6, 6.07) is 9.81. The van der Waals surface area contributed by atoms with Gasteiger partial charge in [-0.3, -0.25) is 5.32 Å². The van der Waals surface area contributed by atoms with Crippen molar-refractivity contribution in [1.29, 1.82) is 0 Å². The molecule has 6 atom stereocenters. The van der Waals surface area contributed by atoms with Gasteiger partial charge in [0.05, 0.1) is 6.04 Å². The van der Waals surface area contributed by atoms with Gasteiger partial charge in [-0.1, -0.05) is 98.1 Å². The Morgan fingerprint density at radius 1 is 0.828 bits per heavy atom. The van der Waals surface area contributed by atoms with E-state index in [1.165, 1.54) is 11.1 Å². The summed E-state index contributed by atoms with van der Waals surface area (Å²) < 4.78 is 2.88. The van der Waals surface area contributed by atoms with Crippen LogP contribution in [0.5, 0.6) is 0 Å². The predicted molar refractivity (Wildman–Crippen MR) is 124 cm³/mol. The van der Waals surface area contributed by atoms with E-state index in [0.29, 0.717) is 35.8 Å². The van der Waals surface area contributed by atoms with Crippen LogP contribution in [0.4, 0.5) is 0 Å². The molecule has 1 aliphatic heterocycles. The number of hydrogen-bond donors (Lipinski definition) is 1. The number of benzene rings is 1. The van der Waals surface area contributed by atoms with Gasteiger partial charge < -0.3 is 4.57 Å². The van der Waals surface area contributed by atoms with Crippen molar-refractivity contribution in [2.24, 2.45) is 23.7 Å². The topological polar surface area (TPSA) is 15.3 Å². The SMILES string of the molecule is C[Si](C)(C1C2C=CC=CC2C2C=CC=CC21)N1CNC2c3ccccc3C=C[C@H]21. The van der Waals surface area contributed by atoms with Crippen molar-refractivity contribution in [3.63, 3.8) is 0 Å². The molecule has 2 nitrogen and oxygen atoms in total. The van der Waals surface area contributed by atoms with Crippen molar-refractivity contribution < 1.29 is 0 Å². The minimum absolute atomic E-state index is 0.430. The molecule has 0 aromatic heterocycles. The lowest BCUT2D eigenvalue weighted by Crippen LogP contribution is -2.57. The lowest BCUT2D eigenvalue weighted by molar-refractivity contribution is 0.401. The monoisotopic (exact) mass is 398 g/mol. The van der Waals surface area contributed by atoms with Crippen LogP contribution in [0.3, 0.4) is 0 Å². The zero-order valence-corrected chi connectivity index (χ0v) is 18.3. The first kappa shape index (κ1) is 17.9. The highest BCUT2D eigenvalue weighted by atomic mass is 28.3. The van der Waals surface area contributed by atoms with Crippen LogP contribution < -0.4 is 5.32 Å². The van der Waals surface area contributed by atoms with E-state index in [0.717, 1.165) is 12.2 Å². The normalized spacial score (nSPS) is 39.3. The van der Waals surface area contributed by atoms with Crippen LogP contribution in [0.2, 0.25) is 18.6 Å².